The first-order valence-corrected chi connectivity index (χ1v) is 10.9. The Morgan fingerprint density at radius 1 is 1.15 bits per heavy atom. The second-order valence-corrected chi connectivity index (χ2v) is 8.19. The first-order chi connectivity index (χ1) is 16.1. The number of imidazole rings is 1. The Balaban J connectivity index is 1.46. The average molecular weight is 437 g/mol. The summed E-state index contributed by atoms with van der Waals surface area (Å²) in [5.41, 5.74) is 3.03. The van der Waals surface area contributed by atoms with Crippen molar-refractivity contribution >= 4 is 12.2 Å². The van der Waals surface area contributed by atoms with Gasteiger partial charge in [-0.3, -0.25) is 0 Å². The highest BCUT2D eigenvalue weighted by Crippen LogP contribution is 2.38. The molecule has 0 saturated heterocycles. The molecule has 2 aromatic heterocycles. The van der Waals surface area contributed by atoms with Crippen LogP contribution in [0.25, 0.3) is 17.8 Å². The molecule has 1 aliphatic rings. The zero-order valence-corrected chi connectivity index (χ0v) is 18.6. The van der Waals surface area contributed by atoms with Gasteiger partial charge in [0.05, 0.1) is 30.9 Å². The van der Waals surface area contributed by atoms with Gasteiger partial charge in [-0.15, -0.1) is 0 Å². The van der Waals surface area contributed by atoms with E-state index in [0.29, 0.717) is 11.6 Å². The van der Waals surface area contributed by atoms with Crippen LogP contribution in [0, 0.1) is 18.3 Å². The normalized spacial score (nSPS) is 17.6. The summed E-state index contributed by atoms with van der Waals surface area (Å²) in [5.74, 6) is 2.06. The van der Waals surface area contributed by atoms with Crippen LogP contribution in [0.15, 0.2) is 61.1 Å². The Morgan fingerprint density at radius 2 is 2.00 bits per heavy atom. The maximum Gasteiger partial charge on any atom is 0.174 e. The van der Waals surface area contributed by atoms with E-state index >= 15 is 0 Å². The van der Waals surface area contributed by atoms with E-state index in [0.717, 1.165) is 47.6 Å². The van der Waals surface area contributed by atoms with E-state index < -0.39 is 5.41 Å². The number of methoxy groups -OCH3 is 1. The van der Waals surface area contributed by atoms with E-state index in [1.54, 1.807) is 13.4 Å². The topological polar surface area (TPSA) is 81.5 Å². The van der Waals surface area contributed by atoms with E-state index in [1.165, 1.54) is 0 Å². The zero-order valence-electron chi connectivity index (χ0n) is 18.6. The Hall–Kier alpha value is -4.18. The highest BCUT2D eigenvalue weighted by atomic mass is 16.5. The third-order valence-corrected chi connectivity index (χ3v) is 6.07. The minimum absolute atomic E-state index is 0.593. The van der Waals surface area contributed by atoms with Crippen molar-refractivity contribution in [3.8, 4) is 17.5 Å². The molecule has 0 amide bonds. The van der Waals surface area contributed by atoms with E-state index in [9.17, 15) is 5.26 Å². The van der Waals surface area contributed by atoms with Gasteiger partial charge in [-0.25, -0.2) is 14.6 Å². The van der Waals surface area contributed by atoms with Crippen LogP contribution in [0.5, 0.6) is 5.75 Å². The van der Waals surface area contributed by atoms with Gasteiger partial charge in [-0.05, 0) is 49.1 Å². The van der Waals surface area contributed by atoms with Crippen molar-refractivity contribution in [2.45, 2.75) is 31.7 Å². The van der Waals surface area contributed by atoms with Crippen LogP contribution in [0.3, 0.4) is 0 Å². The lowest BCUT2D eigenvalue weighted by Gasteiger charge is -2.30. The van der Waals surface area contributed by atoms with Crippen molar-refractivity contribution < 1.29 is 4.74 Å². The number of rotatable bonds is 5. The Morgan fingerprint density at radius 3 is 2.73 bits per heavy atom. The van der Waals surface area contributed by atoms with Crippen molar-refractivity contribution in [3.63, 3.8) is 0 Å². The monoisotopic (exact) mass is 436 g/mol. The third kappa shape index (κ3) is 3.70. The van der Waals surface area contributed by atoms with Gasteiger partial charge in [0.25, 0.3) is 0 Å². The Labute approximate surface area is 192 Å². The summed E-state index contributed by atoms with van der Waals surface area (Å²) in [6, 6.07) is 18.4. The van der Waals surface area contributed by atoms with Crippen molar-refractivity contribution in [1.29, 1.82) is 5.26 Å². The number of fused-ring (bicyclic) bond motifs is 1. The van der Waals surface area contributed by atoms with Crippen LogP contribution in [0.2, 0.25) is 0 Å². The second-order valence-electron chi connectivity index (χ2n) is 8.19. The van der Waals surface area contributed by atoms with Gasteiger partial charge in [-0.2, -0.15) is 10.4 Å². The maximum atomic E-state index is 10.2. The number of aromatic nitrogens is 5. The summed E-state index contributed by atoms with van der Waals surface area (Å²) in [5, 5.41) is 14.8. The lowest BCUT2D eigenvalue weighted by Crippen LogP contribution is -2.34. The largest absolute Gasteiger partial charge is 0.495 e. The standard InChI is InChI=1S/C26H24N6O/c1-19-16-31(18-28-19)22-11-9-20(15-23(22)33-2)10-12-24-29-25-26(17-27,13-6-14-32(25)30-24)21-7-4-3-5-8-21/h3-5,7-12,15-16,18H,6,13-14H2,1-2H3. The highest BCUT2D eigenvalue weighted by Gasteiger charge is 2.41. The molecule has 0 N–H and O–H groups in total. The molecular weight excluding hydrogens is 412 g/mol. The minimum Gasteiger partial charge on any atom is -0.495 e. The number of hydrogen-bond acceptors (Lipinski definition) is 5. The van der Waals surface area contributed by atoms with Gasteiger partial charge in [0, 0.05) is 12.7 Å². The summed E-state index contributed by atoms with van der Waals surface area (Å²) in [6.07, 6.45) is 9.20. The first-order valence-electron chi connectivity index (χ1n) is 10.9. The van der Waals surface area contributed by atoms with Gasteiger partial charge in [0.2, 0.25) is 0 Å². The van der Waals surface area contributed by atoms with E-state index in [4.69, 9.17) is 9.72 Å². The fraction of sp³-hybridized carbons (Fsp3) is 0.231. The van der Waals surface area contributed by atoms with Crippen LogP contribution < -0.4 is 4.74 Å². The summed E-state index contributed by atoms with van der Waals surface area (Å²) in [4.78, 5) is 9.07. The molecule has 1 aliphatic heterocycles. The van der Waals surface area contributed by atoms with E-state index in [2.05, 4.69) is 16.2 Å². The molecule has 5 rings (SSSR count). The summed E-state index contributed by atoms with van der Waals surface area (Å²) < 4.78 is 9.43. The van der Waals surface area contributed by atoms with E-state index in [1.807, 2.05) is 83.1 Å². The summed E-state index contributed by atoms with van der Waals surface area (Å²) >= 11 is 0. The van der Waals surface area contributed by atoms with Crippen molar-refractivity contribution in [2.75, 3.05) is 7.11 Å². The summed E-state index contributed by atoms with van der Waals surface area (Å²) in [7, 11) is 1.66. The fourth-order valence-corrected chi connectivity index (χ4v) is 4.41. The van der Waals surface area contributed by atoms with Crippen LogP contribution >= 0.6 is 0 Å². The molecule has 0 bridgehead atoms. The van der Waals surface area contributed by atoms with Crippen LogP contribution in [-0.2, 0) is 12.0 Å². The fourth-order valence-electron chi connectivity index (χ4n) is 4.41. The number of nitriles is 1. The quantitative estimate of drug-likeness (QED) is 0.458. The van der Waals surface area contributed by atoms with Crippen molar-refractivity contribution in [1.82, 2.24) is 24.3 Å². The smallest absolute Gasteiger partial charge is 0.174 e. The molecule has 7 nitrogen and oxygen atoms in total. The molecule has 4 aromatic rings. The molecule has 164 valence electrons. The SMILES string of the molecule is COc1cc(C=Cc2nc3n(n2)CCCC3(C#N)c2ccccc2)ccc1-n1cnc(C)c1. The maximum absolute atomic E-state index is 10.2. The predicted octanol–water partition coefficient (Wildman–Crippen LogP) is 4.55. The third-order valence-electron chi connectivity index (χ3n) is 6.07. The number of benzene rings is 2. The van der Waals surface area contributed by atoms with Gasteiger partial charge in [0.15, 0.2) is 11.6 Å². The Bertz CT molecular complexity index is 1360. The van der Waals surface area contributed by atoms with Gasteiger partial charge in [0.1, 0.15) is 11.2 Å². The minimum atomic E-state index is -0.771. The zero-order chi connectivity index (χ0) is 22.8. The lowest BCUT2D eigenvalue weighted by atomic mass is 9.75. The van der Waals surface area contributed by atoms with Gasteiger partial charge >= 0.3 is 0 Å². The molecule has 0 fully saturated rings. The second kappa shape index (κ2) is 8.40. The van der Waals surface area contributed by atoms with Gasteiger partial charge in [-0.1, -0.05) is 42.5 Å². The molecule has 2 aromatic carbocycles. The predicted molar refractivity (Wildman–Crippen MR) is 126 cm³/mol. The first kappa shape index (κ1) is 20.7. The molecule has 1 unspecified atom stereocenters. The molecule has 0 saturated carbocycles. The number of aryl methyl sites for hydroxylation is 2. The molecule has 33 heavy (non-hydrogen) atoms. The molecule has 0 radical (unpaired) electrons. The van der Waals surface area contributed by atoms with E-state index in [-0.39, 0.29) is 0 Å². The van der Waals surface area contributed by atoms with Crippen LogP contribution in [0.1, 0.15) is 41.3 Å². The van der Waals surface area contributed by atoms with Crippen LogP contribution in [-0.4, -0.2) is 31.4 Å². The molecule has 3 heterocycles. The molecule has 0 spiro atoms. The van der Waals surface area contributed by atoms with Gasteiger partial charge < -0.3 is 9.30 Å². The van der Waals surface area contributed by atoms with Crippen molar-refractivity contribution in [3.05, 3.63) is 89.5 Å². The number of hydrogen-bond donors (Lipinski definition) is 0. The summed E-state index contributed by atoms with van der Waals surface area (Å²) in [6.45, 7) is 2.72. The molecule has 7 heteroatoms. The molecular formula is C26H24N6O. The Kier molecular flexibility index (Phi) is 5.27. The number of ether oxygens (including phenoxy) is 1. The average Bonchev–Trinajstić information content (AvgIpc) is 3.49. The molecule has 1 atom stereocenters. The molecule has 0 aliphatic carbocycles. The number of nitrogens with zero attached hydrogens (tertiary/aromatic N) is 6. The van der Waals surface area contributed by atoms with Crippen LogP contribution in [0.4, 0.5) is 0 Å². The van der Waals surface area contributed by atoms with Crippen molar-refractivity contribution in [2.24, 2.45) is 0 Å². The lowest BCUT2D eigenvalue weighted by molar-refractivity contribution is 0.393. The highest BCUT2D eigenvalue weighted by molar-refractivity contribution is 5.69.